The maximum Gasteiger partial charge on any atom is 0.334 e. The van der Waals surface area contributed by atoms with Crippen LogP contribution < -0.4 is 5.32 Å². The van der Waals surface area contributed by atoms with Crippen LogP contribution in [-0.4, -0.2) is 47.8 Å². The van der Waals surface area contributed by atoms with Crippen LogP contribution in [0.25, 0.3) is 0 Å². The minimum absolute atomic E-state index is 0.0520. The number of hydrogen-bond acceptors (Lipinski definition) is 4. The van der Waals surface area contributed by atoms with Gasteiger partial charge < -0.3 is 20.1 Å². The molecule has 0 spiro atoms. The van der Waals surface area contributed by atoms with E-state index in [1.807, 2.05) is 6.07 Å². The van der Waals surface area contributed by atoms with Crippen molar-refractivity contribution in [3.8, 4) is 6.07 Å². The van der Waals surface area contributed by atoms with Crippen LogP contribution in [0, 0.1) is 11.3 Å². The lowest BCUT2D eigenvalue weighted by molar-refractivity contribution is -0.154. The molecule has 1 atom stereocenters. The number of carboxylic acids is 1. The maximum absolute atomic E-state index is 12.1. The van der Waals surface area contributed by atoms with Crippen LogP contribution in [0.1, 0.15) is 5.56 Å². The van der Waals surface area contributed by atoms with Crippen LogP contribution in [0.3, 0.4) is 0 Å². The van der Waals surface area contributed by atoms with E-state index in [2.05, 4.69) is 5.32 Å². The zero-order valence-electron chi connectivity index (χ0n) is 10.9. The zero-order valence-corrected chi connectivity index (χ0v) is 11.6. The number of nitriles is 1. The predicted octanol–water partition coefficient (Wildman–Crippen LogP) is 1.53. The van der Waals surface area contributed by atoms with Crippen molar-refractivity contribution in [1.29, 1.82) is 5.26 Å². The Hall–Kier alpha value is -2.30. The highest BCUT2D eigenvalue weighted by molar-refractivity contribution is 6.31. The van der Waals surface area contributed by atoms with Crippen molar-refractivity contribution in [3.05, 3.63) is 28.8 Å². The lowest BCUT2D eigenvalue weighted by Gasteiger charge is -2.30. The van der Waals surface area contributed by atoms with Gasteiger partial charge >= 0.3 is 12.0 Å². The van der Waals surface area contributed by atoms with E-state index in [-0.39, 0.29) is 30.9 Å². The van der Waals surface area contributed by atoms with Crippen LogP contribution in [0.2, 0.25) is 5.02 Å². The van der Waals surface area contributed by atoms with Crippen molar-refractivity contribution in [3.63, 3.8) is 0 Å². The summed E-state index contributed by atoms with van der Waals surface area (Å²) in [6, 6.07) is 5.96. The Labute approximate surface area is 125 Å². The lowest BCUT2D eigenvalue weighted by atomic mass is 10.2. The number of morpholine rings is 1. The normalized spacial score (nSPS) is 17.9. The number of halogens is 1. The average molecular weight is 310 g/mol. The predicted molar refractivity (Wildman–Crippen MR) is 74.1 cm³/mol. The van der Waals surface area contributed by atoms with E-state index in [0.717, 1.165) is 0 Å². The van der Waals surface area contributed by atoms with Crippen LogP contribution in [0.4, 0.5) is 10.5 Å². The largest absolute Gasteiger partial charge is 0.479 e. The molecule has 0 aliphatic carbocycles. The minimum Gasteiger partial charge on any atom is -0.479 e. The number of carbonyl (C=O) groups excluding carboxylic acids is 1. The summed E-state index contributed by atoms with van der Waals surface area (Å²) in [5.74, 6) is -1.12. The molecule has 7 nitrogen and oxygen atoms in total. The van der Waals surface area contributed by atoms with Crippen LogP contribution in [0.5, 0.6) is 0 Å². The third-order valence-corrected chi connectivity index (χ3v) is 3.21. The van der Waals surface area contributed by atoms with Gasteiger partial charge in [-0.2, -0.15) is 5.26 Å². The van der Waals surface area contributed by atoms with Gasteiger partial charge in [0, 0.05) is 11.6 Å². The summed E-state index contributed by atoms with van der Waals surface area (Å²) in [4.78, 5) is 24.3. The first kappa shape index (κ1) is 15.1. The lowest BCUT2D eigenvalue weighted by Crippen LogP contribution is -2.50. The number of ether oxygens (including phenoxy) is 1. The fraction of sp³-hybridized carbons (Fsp3) is 0.308. The summed E-state index contributed by atoms with van der Waals surface area (Å²) in [7, 11) is 0. The van der Waals surface area contributed by atoms with E-state index < -0.39 is 18.1 Å². The molecule has 0 aromatic heterocycles. The third kappa shape index (κ3) is 3.62. The summed E-state index contributed by atoms with van der Waals surface area (Å²) in [6.07, 6.45) is -1.04. The van der Waals surface area contributed by atoms with E-state index >= 15 is 0 Å². The van der Waals surface area contributed by atoms with Gasteiger partial charge in [0.15, 0.2) is 6.10 Å². The highest BCUT2D eigenvalue weighted by atomic mass is 35.5. The Morgan fingerprint density at radius 2 is 2.29 bits per heavy atom. The molecule has 1 unspecified atom stereocenters. The SMILES string of the molecule is N#Cc1ccc(Cl)cc1NC(=O)N1CCOC(C(=O)O)C1. The minimum atomic E-state index is -1.12. The molecule has 1 aromatic carbocycles. The Kier molecular flexibility index (Phi) is 4.62. The molecule has 1 saturated heterocycles. The Balaban J connectivity index is 2.09. The number of nitrogens with zero attached hydrogens (tertiary/aromatic N) is 2. The molecule has 2 rings (SSSR count). The number of amides is 2. The van der Waals surface area contributed by atoms with Gasteiger partial charge in [-0.1, -0.05) is 11.6 Å². The molecule has 1 aromatic rings. The Bertz CT molecular complexity index is 614. The van der Waals surface area contributed by atoms with Crippen LogP contribution in [-0.2, 0) is 9.53 Å². The molecule has 0 bridgehead atoms. The van der Waals surface area contributed by atoms with E-state index in [4.69, 9.17) is 26.7 Å². The summed E-state index contributed by atoms with van der Waals surface area (Å²) < 4.78 is 5.04. The van der Waals surface area contributed by atoms with Gasteiger partial charge in [0.25, 0.3) is 0 Å². The molecular formula is C13H12ClN3O4. The monoisotopic (exact) mass is 309 g/mol. The molecule has 0 saturated carbocycles. The summed E-state index contributed by atoms with van der Waals surface area (Å²) in [5.41, 5.74) is 0.559. The second-order valence-electron chi connectivity index (χ2n) is 4.38. The first-order chi connectivity index (χ1) is 10.0. The molecule has 1 aliphatic rings. The fourth-order valence-electron chi connectivity index (χ4n) is 1.89. The quantitative estimate of drug-likeness (QED) is 0.862. The van der Waals surface area contributed by atoms with Crippen LogP contribution in [0.15, 0.2) is 18.2 Å². The molecule has 1 heterocycles. The van der Waals surface area contributed by atoms with Crippen molar-refractivity contribution in [1.82, 2.24) is 4.90 Å². The number of nitrogens with one attached hydrogen (secondary N) is 1. The van der Waals surface area contributed by atoms with Gasteiger partial charge in [-0.15, -0.1) is 0 Å². The van der Waals surface area contributed by atoms with E-state index in [9.17, 15) is 9.59 Å². The molecule has 1 aliphatic heterocycles. The van der Waals surface area contributed by atoms with Crippen molar-refractivity contribution < 1.29 is 19.4 Å². The zero-order chi connectivity index (χ0) is 15.4. The molecule has 2 N–H and O–H groups in total. The van der Waals surface area contributed by atoms with Gasteiger partial charge in [-0.25, -0.2) is 9.59 Å². The van der Waals surface area contributed by atoms with E-state index in [1.165, 1.54) is 17.0 Å². The van der Waals surface area contributed by atoms with Crippen molar-refractivity contribution in [2.75, 3.05) is 25.0 Å². The molecule has 2 amide bonds. The summed E-state index contributed by atoms with van der Waals surface area (Å²) >= 11 is 5.84. The Morgan fingerprint density at radius 1 is 1.52 bits per heavy atom. The van der Waals surface area contributed by atoms with Gasteiger partial charge in [0.1, 0.15) is 6.07 Å². The molecule has 0 radical (unpaired) electrons. The molecule has 110 valence electrons. The number of aliphatic carboxylic acids is 1. The standard InChI is InChI=1S/C13H12ClN3O4/c14-9-2-1-8(6-15)10(5-9)16-13(20)17-3-4-21-11(7-17)12(18)19/h1-2,5,11H,3-4,7H2,(H,16,20)(H,18,19). The topological polar surface area (TPSA) is 103 Å². The van der Waals surface area contributed by atoms with Crippen molar-refractivity contribution >= 4 is 29.3 Å². The van der Waals surface area contributed by atoms with Gasteiger partial charge in [-0.05, 0) is 18.2 Å². The van der Waals surface area contributed by atoms with Gasteiger partial charge in [0.05, 0.1) is 24.4 Å². The van der Waals surface area contributed by atoms with Crippen molar-refractivity contribution in [2.45, 2.75) is 6.10 Å². The average Bonchev–Trinajstić information content (AvgIpc) is 2.47. The second kappa shape index (κ2) is 6.43. The Morgan fingerprint density at radius 3 is 2.95 bits per heavy atom. The number of benzene rings is 1. The number of carboxylic acid groups (broad SMARTS) is 1. The smallest absolute Gasteiger partial charge is 0.334 e. The van der Waals surface area contributed by atoms with Gasteiger partial charge in [-0.3, -0.25) is 0 Å². The summed E-state index contributed by atoms with van der Waals surface area (Å²) in [5, 5.41) is 20.8. The molecule has 1 fully saturated rings. The fourth-order valence-corrected chi connectivity index (χ4v) is 2.07. The number of urea groups is 1. The van der Waals surface area contributed by atoms with E-state index in [0.29, 0.717) is 5.02 Å². The summed E-state index contributed by atoms with van der Waals surface area (Å²) in [6.45, 7) is 0.368. The maximum atomic E-state index is 12.1. The second-order valence-corrected chi connectivity index (χ2v) is 4.81. The first-order valence-corrected chi connectivity index (χ1v) is 6.49. The van der Waals surface area contributed by atoms with Gasteiger partial charge in [0.2, 0.25) is 0 Å². The number of carbonyl (C=O) groups is 2. The third-order valence-electron chi connectivity index (χ3n) is 2.97. The molecule has 21 heavy (non-hydrogen) atoms. The van der Waals surface area contributed by atoms with Crippen molar-refractivity contribution in [2.24, 2.45) is 0 Å². The highest BCUT2D eigenvalue weighted by Gasteiger charge is 2.29. The number of rotatable bonds is 2. The van der Waals surface area contributed by atoms with E-state index in [1.54, 1.807) is 6.07 Å². The highest BCUT2D eigenvalue weighted by Crippen LogP contribution is 2.21. The van der Waals surface area contributed by atoms with Crippen LogP contribution >= 0.6 is 11.6 Å². The number of anilines is 1. The molecule has 8 heteroatoms. The number of hydrogen-bond donors (Lipinski definition) is 2. The molecular weight excluding hydrogens is 298 g/mol. The first-order valence-electron chi connectivity index (χ1n) is 6.11.